The standard InChI is InChI=1S/C15H19FN2O3/c1-15(21,10-5-7-11(16)8-6-10)9-17-14(20)12-3-2-4-13(19)18-12/h5-8,12,21H,2-4,9H2,1H3,(H,17,20)(H,18,19)/t12-,15+/m1/s1. The molecule has 114 valence electrons. The number of rotatable bonds is 4. The van der Waals surface area contributed by atoms with Gasteiger partial charge in [-0.1, -0.05) is 12.1 Å². The minimum absolute atomic E-state index is 0.0101. The van der Waals surface area contributed by atoms with Gasteiger partial charge in [0.25, 0.3) is 0 Å². The van der Waals surface area contributed by atoms with E-state index >= 15 is 0 Å². The maximum atomic E-state index is 12.9. The zero-order chi connectivity index (χ0) is 15.5. The first-order valence-corrected chi connectivity index (χ1v) is 6.94. The average molecular weight is 294 g/mol. The minimum Gasteiger partial charge on any atom is -0.384 e. The molecule has 1 aromatic rings. The van der Waals surface area contributed by atoms with E-state index in [2.05, 4.69) is 10.6 Å². The van der Waals surface area contributed by atoms with E-state index < -0.39 is 11.6 Å². The van der Waals surface area contributed by atoms with E-state index in [4.69, 9.17) is 0 Å². The third-order valence-corrected chi connectivity index (χ3v) is 3.62. The molecule has 21 heavy (non-hydrogen) atoms. The molecule has 3 N–H and O–H groups in total. The molecule has 0 bridgehead atoms. The van der Waals surface area contributed by atoms with Gasteiger partial charge in [0, 0.05) is 6.42 Å². The number of halogens is 1. The van der Waals surface area contributed by atoms with Gasteiger partial charge in [0.05, 0.1) is 6.54 Å². The number of benzene rings is 1. The Bertz CT molecular complexity index is 528. The van der Waals surface area contributed by atoms with Crippen molar-refractivity contribution < 1.29 is 19.1 Å². The zero-order valence-electron chi connectivity index (χ0n) is 11.9. The van der Waals surface area contributed by atoms with E-state index in [1.165, 1.54) is 24.3 Å². The van der Waals surface area contributed by atoms with Crippen LogP contribution in [0.2, 0.25) is 0 Å². The first-order valence-electron chi connectivity index (χ1n) is 6.94. The van der Waals surface area contributed by atoms with Crippen LogP contribution in [0.4, 0.5) is 4.39 Å². The molecule has 0 aromatic heterocycles. The van der Waals surface area contributed by atoms with Gasteiger partial charge in [-0.05, 0) is 37.5 Å². The van der Waals surface area contributed by atoms with Gasteiger partial charge in [0.1, 0.15) is 17.5 Å². The third kappa shape index (κ3) is 4.01. The van der Waals surface area contributed by atoms with E-state index in [1.54, 1.807) is 6.92 Å². The molecule has 1 aromatic carbocycles. The molecule has 0 spiro atoms. The molecule has 0 saturated carbocycles. The highest BCUT2D eigenvalue weighted by molar-refractivity contribution is 5.88. The molecule has 1 heterocycles. The van der Waals surface area contributed by atoms with Crippen LogP contribution in [0.1, 0.15) is 31.7 Å². The molecule has 1 aliphatic rings. The molecule has 1 saturated heterocycles. The van der Waals surface area contributed by atoms with E-state index in [-0.39, 0.29) is 24.2 Å². The van der Waals surface area contributed by atoms with Crippen molar-refractivity contribution in [2.24, 2.45) is 0 Å². The van der Waals surface area contributed by atoms with Gasteiger partial charge in [0.15, 0.2) is 0 Å². The molecule has 5 nitrogen and oxygen atoms in total. The Morgan fingerprint density at radius 3 is 2.76 bits per heavy atom. The summed E-state index contributed by atoms with van der Waals surface area (Å²) < 4.78 is 12.9. The summed E-state index contributed by atoms with van der Waals surface area (Å²) in [6.07, 6.45) is 1.71. The summed E-state index contributed by atoms with van der Waals surface area (Å²) >= 11 is 0. The molecule has 0 unspecified atom stereocenters. The Morgan fingerprint density at radius 1 is 1.48 bits per heavy atom. The summed E-state index contributed by atoms with van der Waals surface area (Å²) in [5.41, 5.74) is -0.793. The summed E-state index contributed by atoms with van der Waals surface area (Å²) in [6, 6.07) is 4.92. The maximum absolute atomic E-state index is 12.9. The van der Waals surface area contributed by atoms with Crippen molar-refractivity contribution in [3.63, 3.8) is 0 Å². The van der Waals surface area contributed by atoms with Gasteiger partial charge in [-0.2, -0.15) is 0 Å². The molecule has 2 amide bonds. The Kier molecular flexibility index (Phi) is 4.57. The first-order chi connectivity index (χ1) is 9.88. The monoisotopic (exact) mass is 294 g/mol. The predicted octanol–water partition coefficient (Wildman–Crippen LogP) is 0.818. The Morgan fingerprint density at radius 2 is 2.14 bits per heavy atom. The fraction of sp³-hybridized carbons (Fsp3) is 0.467. The molecule has 2 atom stereocenters. The highest BCUT2D eigenvalue weighted by Crippen LogP contribution is 2.20. The van der Waals surface area contributed by atoms with Crippen molar-refractivity contribution in [1.29, 1.82) is 0 Å². The van der Waals surface area contributed by atoms with Crippen LogP contribution in [0.5, 0.6) is 0 Å². The second kappa shape index (κ2) is 6.22. The average Bonchev–Trinajstić information content (AvgIpc) is 2.45. The molecule has 6 heteroatoms. The quantitative estimate of drug-likeness (QED) is 0.769. The van der Waals surface area contributed by atoms with Gasteiger partial charge in [-0.25, -0.2) is 4.39 Å². The highest BCUT2D eigenvalue weighted by Gasteiger charge is 2.28. The number of hydrogen-bond donors (Lipinski definition) is 3. The fourth-order valence-corrected chi connectivity index (χ4v) is 2.30. The topological polar surface area (TPSA) is 78.4 Å². The van der Waals surface area contributed by atoms with Gasteiger partial charge in [-0.3, -0.25) is 9.59 Å². The van der Waals surface area contributed by atoms with Crippen molar-refractivity contribution in [2.45, 2.75) is 37.8 Å². The smallest absolute Gasteiger partial charge is 0.242 e. The first kappa shape index (κ1) is 15.4. The maximum Gasteiger partial charge on any atom is 0.242 e. The Hall–Kier alpha value is -1.95. The number of nitrogens with one attached hydrogen (secondary N) is 2. The van der Waals surface area contributed by atoms with Crippen molar-refractivity contribution in [2.75, 3.05) is 6.54 Å². The summed E-state index contributed by atoms with van der Waals surface area (Å²) in [5, 5.41) is 15.6. The summed E-state index contributed by atoms with van der Waals surface area (Å²) in [7, 11) is 0. The number of carbonyl (C=O) groups is 2. The van der Waals surface area contributed by atoms with Crippen molar-refractivity contribution in [1.82, 2.24) is 10.6 Å². The van der Waals surface area contributed by atoms with Crippen LogP contribution < -0.4 is 10.6 Å². The van der Waals surface area contributed by atoms with Crippen LogP contribution in [0.25, 0.3) is 0 Å². The van der Waals surface area contributed by atoms with Gasteiger partial charge >= 0.3 is 0 Å². The van der Waals surface area contributed by atoms with Crippen LogP contribution >= 0.6 is 0 Å². The largest absolute Gasteiger partial charge is 0.384 e. The third-order valence-electron chi connectivity index (χ3n) is 3.62. The number of aliphatic hydroxyl groups is 1. The van der Waals surface area contributed by atoms with E-state index in [9.17, 15) is 19.1 Å². The molecule has 1 aliphatic heterocycles. The van der Waals surface area contributed by atoms with Crippen LogP contribution in [-0.2, 0) is 15.2 Å². The van der Waals surface area contributed by atoms with Gasteiger partial charge < -0.3 is 15.7 Å². The molecule has 1 fully saturated rings. The normalized spacial score (nSPS) is 21.3. The fourth-order valence-electron chi connectivity index (χ4n) is 2.30. The molecular formula is C15H19FN2O3. The van der Waals surface area contributed by atoms with Crippen molar-refractivity contribution in [3.8, 4) is 0 Å². The Labute approximate surface area is 122 Å². The van der Waals surface area contributed by atoms with Crippen molar-refractivity contribution >= 4 is 11.8 Å². The van der Waals surface area contributed by atoms with Crippen LogP contribution in [0.3, 0.4) is 0 Å². The van der Waals surface area contributed by atoms with E-state index in [0.29, 0.717) is 24.8 Å². The van der Waals surface area contributed by atoms with Crippen LogP contribution in [-0.4, -0.2) is 29.5 Å². The number of hydrogen-bond acceptors (Lipinski definition) is 3. The zero-order valence-corrected chi connectivity index (χ0v) is 11.9. The minimum atomic E-state index is -1.30. The SMILES string of the molecule is C[C@](O)(CNC(=O)[C@H]1CCCC(=O)N1)c1ccc(F)cc1. The van der Waals surface area contributed by atoms with E-state index in [1.807, 2.05) is 0 Å². The second-order valence-electron chi connectivity index (χ2n) is 5.51. The number of amides is 2. The van der Waals surface area contributed by atoms with Crippen LogP contribution in [0.15, 0.2) is 24.3 Å². The predicted molar refractivity (Wildman–Crippen MR) is 74.8 cm³/mol. The molecule has 0 radical (unpaired) electrons. The lowest BCUT2D eigenvalue weighted by atomic mass is 9.95. The summed E-state index contributed by atoms with van der Waals surface area (Å²) in [4.78, 5) is 23.2. The second-order valence-corrected chi connectivity index (χ2v) is 5.51. The van der Waals surface area contributed by atoms with Gasteiger partial charge in [-0.15, -0.1) is 0 Å². The molecular weight excluding hydrogens is 275 g/mol. The lowest BCUT2D eigenvalue weighted by Gasteiger charge is -2.27. The lowest BCUT2D eigenvalue weighted by Crippen LogP contribution is -2.51. The number of carbonyl (C=O) groups excluding carboxylic acids is 2. The van der Waals surface area contributed by atoms with E-state index in [0.717, 1.165) is 0 Å². The van der Waals surface area contributed by atoms with Gasteiger partial charge in [0.2, 0.25) is 11.8 Å². The lowest BCUT2D eigenvalue weighted by molar-refractivity contribution is -0.131. The van der Waals surface area contributed by atoms with Crippen molar-refractivity contribution in [3.05, 3.63) is 35.6 Å². The molecule has 2 rings (SSSR count). The number of piperidine rings is 1. The summed E-state index contributed by atoms with van der Waals surface area (Å²) in [5.74, 6) is -0.833. The Balaban J connectivity index is 1.93. The molecule has 0 aliphatic carbocycles. The van der Waals surface area contributed by atoms with Crippen LogP contribution in [0, 0.1) is 5.82 Å². The summed E-state index contributed by atoms with van der Waals surface area (Å²) in [6.45, 7) is 1.53. The highest BCUT2D eigenvalue weighted by atomic mass is 19.1.